The molecule has 0 amide bonds. The normalized spacial score (nSPS) is 10.5. The van der Waals surface area contributed by atoms with Gasteiger partial charge in [0, 0.05) is 5.56 Å². The summed E-state index contributed by atoms with van der Waals surface area (Å²) in [4.78, 5) is 0. The number of nitrogens with zero attached hydrogens (tertiary/aromatic N) is 1. The highest BCUT2D eigenvalue weighted by molar-refractivity contribution is 5.88. The number of aromatic nitrogens is 1. The van der Waals surface area contributed by atoms with Gasteiger partial charge in [-0.15, -0.1) is 0 Å². The zero-order valence-corrected chi connectivity index (χ0v) is 11.7. The van der Waals surface area contributed by atoms with Crippen molar-refractivity contribution in [2.45, 2.75) is 6.92 Å². The fraction of sp³-hybridized carbons (Fsp3) is 0.118. The SMILES string of the molecule is CCOc1ccccc1-c1noc(N)c1-c1ccccc1. The molecular weight excluding hydrogens is 264 g/mol. The zero-order valence-electron chi connectivity index (χ0n) is 11.7. The minimum atomic E-state index is 0.308. The lowest BCUT2D eigenvalue weighted by atomic mass is 10.0. The molecular formula is C17H16N2O2. The van der Waals surface area contributed by atoms with E-state index in [0.717, 1.165) is 22.4 Å². The molecule has 0 saturated heterocycles. The molecule has 4 nitrogen and oxygen atoms in total. The average Bonchev–Trinajstić information content (AvgIpc) is 2.91. The molecule has 1 aromatic heterocycles. The van der Waals surface area contributed by atoms with Crippen molar-refractivity contribution in [3.05, 3.63) is 54.6 Å². The zero-order chi connectivity index (χ0) is 14.7. The molecule has 0 bridgehead atoms. The van der Waals surface area contributed by atoms with E-state index >= 15 is 0 Å². The molecule has 0 atom stereocenters. The second-order valence-corrected chi connectivity index (χ2v) is 4.57. The van der Waals surface area contributed by atoms with Crippen LogP contribution in [0.15, 0.2) is 59.1 Å². The molecule has 0 fully saturated rings. The van der Waals surface area contributed by atoms with E-state index in [4.69, 9.17) is 15.0 Å². The van der Waals surface area contributed by atoms with Crippen LogP contribution < -0.4 is 10.5 Å². The van der Waals surface area contributed by atoms with E-state index in [1.54, 1.807) is 0 Å². The van der Waals surface area contributed by atoms with Gasteiger partial charge in [-0.1, -0.05) is 47.6 Å². The fourth-order valence-electron chi connectivity index (χ4n) is 2.31. The van der Waals surface area contributed by atoms with Crippen LogP contribution in [0.25, 0.3) is 22.4 Å². The van der Waals surface area contributed by atoms with Crippen molar-refractivity contribution in [1.82, 2.24) is 5.16 Å². The third-order valence-corrected chi connectivity index (χ3v) is 3.22. The second kappa shape index (κ2) is 5.71. The summed E-state index contributed by atoms with van der Waals surface area (Å²) in [6.07, 6.45) is 0. The van der Waals surface area contributed by atoms with E-state index in [1.165, 1.54) is 0 Å². The van der Waals surface area contributed by atoms with E-state index in [0.29, 0.717) is 18.2 Å². The first-order valence-corrected chi connectivity index (χ1v) is 6.84. The lowest BCUT2D eigenvalue weighted by Crippen LogP contribution is -1.95. The average molecular weight is 280 g/mol. The molecule has 0 spiro atoms. The Labute approximate surface area is 123 Å². The number of nitrogen functional groups attached to an aromatic ring is 1. The Bertz CT molecular complexity index is 736. The van der Waals surface area contributed by atoms with Gasteiger partial charge in [-0.2, -0.15) is 0 Å². The third kappa shape index (κ3) is 2.48. The van der Waals surface area contributed by atoms with E-state index in [2.05, 4.69) is 5.16 Å². The van der Waals surface area contributed by atoms with Gasteiger partial charge in [0.05, 0.1) is 12.2 Å². The number of benzene rings is 2. The van der Waals surface area contributed by atoms with E-state index in [9.17, 15) is 0 Å². The predicted molar refractivity (Wildman–Crippen MR) is 83.0 cm³/mol. The quantitative estimate of drug-likeness (QED) is 0.785. The first-order valence-electron chi connectivity index (χ1n) is 6.84. The Hall–Kier alpha value is -2.75. The van der Waals surface area contributed by atoms with Crippen molar-refractivity contribution in [3.63, 3.8) is 0 Å². The minimum Gasteiger partial charge on any atom is -0.493 e. The number of nitrogens with two attached hydrogens (primary N) is 1. The van der Waals surface area contributed by atoms with E-state index < -0.39 is 0 Å². The summed E-state index contributed by atoms with van der Waals surface area (Å²) in [5.74, 6) is 1.08. The maximum Gasteiger partial charge on any atom is 0.230 e. The summed E-state index contributed by atoms with van der Waals surface area (Å²) in [6.45, 7) is 2.54. The maximum absolute atomic E-state index is 5.96. The molecule has 4 heteroatoms. The van der Waals surface area contributed by atoms with Crippen molar-refractivity contribution in [2.75, 3.05) is 12.3 Å². The molecule has 2 aromatic carbocycles. The molecule has 3 aromatic rings. The standard InChI is InChI=1S/C17H16N2O2/c1-2-20-14-11-7-6-10-13(14)16-15(17(18)21-19-16)12-8-4-3-5-9-12/h3-11H,2,18H2,1H3. The molecule has 0 unspecified atom stereocenters. The van der Waals surface area contributed by atoms with Crippen molar-refractivity contribution >= 4 is 5.88 Å². The second-order valence-electron chi connectivity index (χ2n) is 4.57. The van der Waals surface area contributed by atoms with E-state index in [-0.39, 0.29) is 0 Å². The number of anilines is 1. The number of ether oxygens (including phenoxy) is 1. The van der Waals surface area contributed by atoms with Crippen molar-refractivity contribution in [2.24, 2.45) is 0 Å². The number of hydrogen-bond donors (Lipinski definition) is 1. The Balaban J connectivity index is 2.17. The van der Waals surface area contributed by atoms with Gasteiger partial charge < -0.3 is 15.0 Å². The summed E-state index contributed by atoms with van der Waals surface area (Å²) in [5, 5.41) is 4.13. The third-order valence-electron chi connectivity index (χ3n) is 3.22. The lowest BCUT2D eigenvalue weighted by molar-refractivity contribution is 0.341. The first-order chi connectivity index (χ1) is 10.3. The van der Waals surface area contributed by atoms with Gasteiger partial charge >= 0.3 is 0 Å². The lowest BCUT2D eigenvalue weighted by Gasteiger charge is -2.09. The molecule has 0 saturated carbocycles. The van der Waals surface area contributed by atoms with Crippen LogP contribution in [0.3, 0.4) is 0 Å². The van der Waals surface area contributed by atoms with E-state index in [1.807, 2.05) is 61.5 Å². The highest BCUT2D eigenvalue weighted by Gasteiger charge is 2.19. The van der Waals surface area contributed by atoms with Crippen molar-refractivity contribution < 1.29 is 9.26 Å². The van der Waals surface area contributed by atoms with Crippen LogP contribution in [0.5, 0.6) is 5.75 Å². The molecule has 0 aliphatic rings. The van der Waals surface area contributed by atoms with Crippen LogP contribution in [0, 0.1) is 0 Å². The smallest absolute Gasteiger partial charge is 0.230 e. The molecule has 3 rings (SSSR count). The predicted octanol–water partition coefficient (Wildman–Crippen LogP) is 3.99. The minimum absolute atomic E-state index is 0.308. The van der Waals surface area contributed by atoms with Crippen LogP contribution >= 0.6 is 0 Å². The monoisotopic (exact) mass is 280 g/mol. The summed E-state index contributed by atoms with van der Waals surface area (Å²) >= 11 is 0. The van der Waals surface area contributed by atoms with Gasteiger partial charge in [0.15, 0.2) is 0 Å². The highest BCUT2D eigenvalue weighted by Crippen LogP contribution is 2.39. The van der Waals surface area contributed by atoms with Gasteiger partial charge in [0.1, 0.15) is 11.4 Å². The number of para-hydroxylation sites is 1. The molecule has 0 radical (unpaired) electrons. The van der Waals surface area contributed by atoms with Crippen molar-refractivity contribution in [3.8, 4) is 28.1 Å². The Morgan fingerprint density at radius 2 is 1.76 bits per heavy atom. The largest absolute Gasteiger partial charge is 0.493 e. The highest BCUT2D eigenvalue weighted by atomic mass is 16.5. The maximum atomic E-state index is 5.96. The van der Waals surface area contributed by atoms with Crippen LogP contribution in [0.4, 0.5) is 5.88 Å². The van der Waals surface area contributed by atoms with Gasteiger partial charge in [0.25, 0.3) is 0 Å². The summed E-state index contributed by atoms with van der Waals surface area (Å²) < 4.78 is 10.9. The van der Waals surface area contributed by atoms with Crippen molar-refractivity contribution in [1.29, 1.82) is 0 Å². The summed E-state index contributed by atoms with van der Waals surface area (Å²) in [7, 11) is 0. The van der Waals surface area contributed by atoms with Crippen LogP contribution in [-0.2, 0) is 0 Å². The Kier molecular flexibility index (Phi) is 3.60. The summed E-state index contributed by atoms with van der Waals surface area (Å²) in [6, 6.07) is 17.6. The molecule has 0 aliphatic heterocycles. The number of rotatable bonds is 4. The Morgan fingerprint density at radius 3 is 2.52 bits per heavy atom. The van der Waals surface area contributed by atoms with Gasteiger partial charge in [-0.3, -0.25) is 0 Å². The molecule has 0 aliphatic carbocycles. The molecule has 106 valence electrons. The molecule has 1 heterocycles. The van der Waals surface area contributed by atoms with Crippen LogP contribution in [-0.4, -0.2) is 11.8 Å². The molecule has 2 N–H and O–H groups in total. The first kappa shape index (κ1) is 13.2. The van der Waals surface area contributed by atoms with Gasteiger partial charge in [-0.05, 0) is 24.6 Å². The van der Waals surface area contributed by atoms with Crippen LogP contribution in [0.1, 0.15) is 6.92 Å². The number of hydrogen-bond acceptors (Lipinski definition) is 4. The summed E-state index contributed by atoms with van der Waals surface area (Å²) in [5.41, 5.74) is 9.30. The fourth-order valence-corrected chi connectivity index (χ4v) is 2.31. The molecule has 21 heavy (non-hydrogen) atoms. The van der Waals surface area contributed by atoms with Gasteiger partial charge in [-0.25, -0.2) is 0 Å². The van der Waals surface area contributed by atoms with Gasteiger partial charge in [0.2, 0.25) is 5.88 Å². The van der Waals surface area contributed by atoms with Crippen LogP contribution in [0.2, 0.25) is 0 Å². The Morgan fingerprint density at radius 1 is 1.05 bits per heavy atom. The topological polar surface area (TPSA) is 61.3 Å².